The molecule has 3 aliphatic heterocycles. The van der Waals surface area contributed by atoms with E-state index in [0.29, 0.717) is 23.8 Å². The van der Waals surface area contributed by atoms with Gasteiger partial charge in [0.2, 0.25) is 5.91 Å². The zero-order valence-corrected chi connectivity index (χ0v) is 15.1. The maximum Gasteiger partial charge on any atom is 0.222 e. The number of amides is 1. The van der Waals surface area contributed by atoms with Crippen LogP contribution in [0, 0.1) is 18.8 Å². The van der Waals surface area contributed by atoms with Crippen LogP contribution in [-0.2, 0) is 4.79 Å². The Kier molecular flexibility index (Phi) is 3.69. The minimum atomic E-state index is 0.364. The topological polar surface area (TPSA) is 67.2 Å². The van der Waals surface area contributed by atoms with Crippen molar-refractivity contribution in [1.29, 1.82) is 0 Å². The molecular weight excluding hydrogens is 328 g/mol. The summed E-state index contributed by atoms with van der Waals surface area (Å²) in [5.41, 5.74) is 0. The third-order valence-electron chi connectivity index (χ3n) is 6.05. The molecule has 0 radical (unpaired) electrons. The second kappa shape index (κ2) is 6.07. The SMILES string of the molecule is Cc1nc(N2C[C@@H]3C[C@H](C2)[C@@H]2CCCC(=O)N2C3)cc(-n2cccn2)n1. The Hall–Kier alpha value is -2.44. The fourth-order valence-corrected chi connectivity index (χ4v) is 5.02. The molecule has 5 heterocycles. The number of hydrogen-bond acceptors (Lipinski definition) is 5. The molecule has 3 saturated heterocycles. The highest BCUT2D eigenvalue weighted by molar-refractivity contribution is 5.77. The summed E-state index contributed by atoms with van der Waals surface area (Å²) in [6, 6.07) is 4.35. The number of fused-ring (bicyclic) bond motifs is 4. The first-order valence-electron chi connectivity index (χ1n) is 9.57. The molecule has 2 aromatic rings. The van der Waals surface area contributed by atoms with E-state index in [9.17, 15) is 4.79 Å². The third-order valence-corrected chi connectivity index (χ3v) is 6.05. The molecule has 0 aliphatic carbocycles. The lowest BCUT2D eigenvalue weighted by Crippen LogP contribution is -2.60. The van der Waals surface area contributed by atoms with Crippen molar-refractivity contribution in [3.05, 3.63) is 30.4 Å². The van der Waals surface area contributed by atoms with E-state index < -0.39 is 0 Å². The number of carbonyl (C=O) groups excluding carboxylic acids is 1. The lowest BCUT2D eigenvalue weighted by atomic mass is 9.76. The van der Waals surface area contributed by atoms with Gasteiger partial charge in [-0.15, -0.1) is 0 Å². The van der Waals surface area contributed by atoms with Crippen molar-refractivity contribution in [2.45, 2.75) is 38.6 Å². The summed E-state index contributed by atoms with van der Waals surface area (Å²) >= 11 is 0. The predicted molar refractivity (Wildman–Crippen MR) is 97.1 cm³/mol. The van der Waals surface area contributed by atoms with Gasteiger partial charge in [0, 0.05) is 50.6 Å². The first-order chi connectivity index (χ1) is 12.7. The summed E-state index contributed by atoms with van der Waals surface area (Å²) in [6.45, 7) is 4.78. The predicted octanol–water partition coefficient (Wildman–Crippen LogP) is 1.81. The molecule has 1 amide bonds. The Morgan fingerprint density at radius 1 is 1.15 bits per heavy atom. The summed E-state index contributed by atoms with van der Waals surface area (Å²) in [5.74, 6) is 4.00. The van der Waals surface area contributed by atoms with Crippen molar-refractivity contribution in [2.24, 2.45) is 11.8 Å². The maximum atomic E-state index is 12.3. The quantitative estimate of drug-likeness (QED) is 0.825. The second-order valence-electron chi connectivity index (χ2n) is 7.85. The van der Waals surface area contributed by atoms with Crippen LogP contribution < -0.4 is 4.90 Å². The summed E-state index contributed by atoms with van der Waals surface area (Å²) in [5, 5.41) is 4.30. The van der Waals surface area contributed by atoms with Gasteiger partial charge in [-0.3, -0.25) is 4.79 Å². The fraction of sp³-hybridized carbons (Fsp3) is 0.579. The maximum absolute atomic E-state index is 12.3. The zero-order chi connectivity index (χ0) is 17.7. The minimum absolute atomic E-state index is 0.364. The lowest BCUT2D eigenvalue weighted by molar-refractivity contribution is -0.142. The first-order valence-corrected chi connectivity index (χ1v) is 9.57. The summed E-state index contributed by atoms with van der Waals surface area (Å²) < 4.78 is 1.78. The van der Waals surface area contributed by atoms with Gasteiger partial charge in [-0.05, 0) is 44.1 Å². The molecule has 26 heavy (non-hydrogen) atoms. The van der Waals surface area contributed by atoms with Crippen LogP contribution in [0.4, 0.5) is 5.82 Å². The average molecular weight is 352 g/mol. The van der Waals surface area contributed by atoms with E-state index in [2.05, 4.69) is 19.9 Å². The van der Waals surface area contributed by atoms with E-state index in [1.807, 2.05) is 25.3 Å². The largest absolute Gasteiger partial charge is 0.356 e. The van der Waals surface area contributed by atoms with Gasteiger partial charge in [0.1, 0.15) is 11.6 Å². The Balaban J connectivity index is 1.43. The van der Waals surface area contributed by atoms with Crippen LogP contribution in [0.25, 0.3) is 5.82 Å². The van der Waals surface area contributed by atoms with E-state index in [1.54, 1.807) is 10.9 Å². The Morgan fingerprint density at radius 2 is 2.04 bits per heavy atom. The molecule has 2 bridgehead atoms. The second-order valence-corrected chi connectivity index (χ2v) is 7.85. The van der Waals surface area contributed by atoms with Crippen molar-refractivity contribution < 1.29 is 4.79 Å². The van der Waals surface area contributed by atoms with Crippen LogP contribution in [0.5, 0.6) is 0 Å². The van der Waals surface area contributed by atoms with Crippen molar-refractivity contribution in [2.75, 3.05) is 24.5 Å². The van der Waals surface area contributed by atoms with Gasteiger partial charge in [-0.2, -0.15) is 5.10 Å². The van der Waals surface area contributed by atoms with Gasteiger partial charge in [0.15, 0.2) is 5.82 Å². The first kappa shape index (κ1) is 15.8. The molecule has 7 nitrogen and oxygen atoms in total. The number of rotatable bonds is 2. The number of aromatic nitrogens is 4. The van der Waals surface area contributed by atoms with Crippen LogP contribution in [0.1, 0.15) is 31.5 Å². The Bertz CT molecular complexity index is 819. The van der Waals surface area contributed by atoms with Gasteiger partial charge in [0.25, 0.3) is 0 Å². The molecule has 3 fully saturated rings. The van der Waals surface area contributed by atoms with Crippen LogP contribution in [-0.4, -0.2) is 56.2 Å². The molecule has 3 aliphatic rings. The van der Waals surface area contributed by atoms with Gasteiger partial charge in [-0.1, -0.05) is 0 Å². The van der Waals surface area contributed by atoms with Gasteiger partial charge in [0.05, 0.1) is 0 Å². The minimum Gasteiger partial charge on any atom is -0.356 e. The number of anilines is 1. The molecule has 0 unspecified atom stereocenters. The standard InChI is InChI=1S/C19H24N6O/c1-13-21-17(9-18(22-13)25-7-3-6-20-25)23-10-14-8-15(12-23)16-4-2-5-19(26)24(16)11-14/h3,6-7,9,14-16H,2,4-5,8,10-12H2,1H3/t14-,15+,16-/m0/s1. The van der Waals surface area contributed by atoms with Crippen molar-refractivity contribution in [1.82, 2.24) is 24.6 Å². The number of piperidine rings is 3. The molecule has 0 aromatic carbocycles. The smallest absolute Gasteiger partial charge is 0.222 e. The van der Waals surface area contributed by atoms with E-state index in [4.69, 9.17) is 4.98 Å². The lowest BCUT2D eigenvalue weighted by Gasteiger charge is -2.52. The highest BCUT2D eigenvalue weighted by Crippen LogP contribution is 2.39. The van der Waals surface area contributed by atoms with Gasteiger partial charge < -0.3 is 9.80 Å². The number of carbonyl (C=O) groups is 1. The molecular formula is C19H24N6O. The fourth-order valence-electron chi connectivity index (χ4n) is 5.02. The van der Waals surface area contributed by atoms with Crippen molar-refractivity contribution in [3.63, 3.8) is 0 Å². The van der Waals surface area contributed by atoms with Gasteiger partial charge >= 0.3 is 0 Å². The average Bonchev–Trinajstić information content (AvgIpc) is 3.17. The molecule has 0 N–H and O–H groups in total. The van der Waals surface area contributed by atoms with E-state index in [-0.39, 0.29) is 0 Å². The molecule has 0 saturated carbocycles. The Morgan fingerprint density at radius 3 is 2.88 bits per heavy atom. The summed E-state index contributed by atoms with van der Waals surface area (Å²) in [4.78, 5) is 26.1. The molecule has 2 aromatic heterocycles. The molecule has 0 spiro atoms. The van der Waals surface area contributed by atoms with Crippen LogP contribution >= 0.6 is 0 Å². The van der Waals surface area contributed by atoms with E-state index >= 15 is 0 Å². The molecule has 5 rings (SSSR count). The van der Waals surface area contributed by atoms with Crippen LogP contribution in [0.15, 0.2) is 24.5 Å². The molecule has 136 valence electrons. The monoisotopic (exact) mass is 352 g/mol. The van der Waals surface area contributed by atoms with Crippen LogP contribution in [0.3, 0.4) is 0 Å². The summed E-state index contributed by atoms with van der Waals surface area (Å²) in [7, 11) is 0. The molecule has 3 atom stereocenters. The molecule has 7 heteroatoms. The number of nitrogens with zero attached hydrogens (tertiary/aromatic N) is 6. The third kappa shape index (κ3) is 2.66. The van der Waals surface area contributed by atoms with Gasteiger partial charge in [-0.25, -0.2) is 14.6 Å². The van der Waals surface area contributed by atoms with Crippen molar-refractivity contribution >= 4 is 11.7 Å². The van der Waals surface area contributed by atoms with E-state index in [1.165, 1.54) is 6.42 Å². The highest BCUT2D eigenvalue weighted by Gasteiger charge is 2.44. The Labute approximate surface area is 153 Å². The summed E-state index contributed by atoms with van der Waals surface area (Å²) in [6.07, 6.45) is 7.83. The zero-order valence-electron chi connectivity index (χ0n) is 15.1. The number of hydrogen-bond donors (Lipinski definition) is 0. The highest BCUT2D eigenvalue weighted by atomic mass is 16.2. The number of aryl methyl sites for hydroxylation is 1. The van der Waals surface area contributed by atoms with E-state index in [0.717, 1.165) is 56.4 Å². The van der Waals surface area contributed by atoms with Crippen molar-refractivity contribution in [3.8, 4) is 5.82 Å². The van der Waals surface area contributed by atoms with Crippen LogP contribution in [0.2, 0.25) is 0 Å². The normalized spacial score (nSPS) is 28.2.